The molecule has 0 bridgehead atoms. The summed E-state index contributed by atoms with van der Waals surface area (Å²) < 4.78 is 27.7. The Hall–Kier alpha value is -0.860. The molecule has 8 heteroatoms. The first-order chi connectivity index (χ1) is 9.39. The zero-order valence-corrected chi connectivity index (χ0v) is 12.7. The van der Waals surface area contributed by atoms with Gasteiger partial charge in [0.1, 0.15) is 0 Å². The third-order valence-corrected chi connectivity index (χ3v) is 6.54. The second-order valence-corrected chi connectivity index (χ2v) is 7.88. The van der Waals surface area contributed by atoms with Gasteiger partial charge in [-0.05, 0) is 32.7 Å². The van der Waals surface area contributed by atoms with Crippen molar-refractivity contribution in [2.45, 2.75) is 49.3 Å². The van der Waals surface area contributed by atoms with Crippen LogP contribution in [0.25, 0.3) is 0 Å². The predicted molar refractivity (Wildman–Crippen MR) is 77.2 cm³/mol. The number of likely N-dealkylation sites (tertiary alicyclic amines) is 1. The predicted octanol–water partition coefficient (Wildman–Crippen LogP) is 0.0592. The number of oxime groups is 1. The number of sulfonamides is 1. The van der Waals surface area contributed by atoms with Gasteiger partial charge in [-0.2, -0.15) is 0 Å². The first-order valence-electron chi connectivity index (χ1n) is 7.09. The number of piperidine rings is 1. The highest BCUT2D eigenvalue weighted by Gasteiger charge is 2.43. The summed E-state index contributed by atoms with van der Waals surface area (Å²) in [5, 5.41) is 11.7. The molecule has 20 heavy (non-hydrogen) atoms. The van der Waals surface area contributed by atoms with Crippen molar-refractivity contribution in [3.8, 4) is 0 Å². The van der Waals surface area contributed by atoms with Crippen LogP contribution in [0.15, 0.2) is 5.16 Å². The largest absolute Gasteiger partial charge is 0.409 e. The van der Waals surface area contributed by atoms with Gasteiger partial charge in [-0.3, -0.25) is 0 Å². The molecule has 0 aromatic heterocycles. The molecular weight excluding hydrogens is 280 g/mol. The summed E-state index contributed by atoms with van der Waals surface area (Å²) in [4.78, 5) is 2.10. The molecule has 2 rings (SSSR count). The molecule has 0 unspecified atom stereocenters. The number of nitrogens with zero attached hydrogens (tertiary/aromatic N) is 2. The average Bonchev–Trinajstić information content (AvgIpc) is 2.95. The topological polar surface area (TPSA) is 108 Å². The van der Waals surface area contributed by atoms with Crippen LogP contribution in [0.3, 0.4) is 0 Å². The summed E-state index contributed by atoms with van der Waals surface area (Å²) in [5.74, 6) is -0.0350. The monoisotopic (exact) mass is 304 g/mol. The minimum atomic E-state index is -3.43. The van der Waals surface area contributed by atoms with E-state index in [1.807, 2.05) is 7.05 Å². The summed E-state index contributed by atoms with van der Waals surface area (Å²) >= 11 is 0. The van der Waals surface area contributed by atoms with Gasteiger partial charge in [0.25, 0.3) is 0 Å². The zero-order valence-electron chi connectivity index (χ0n) is 11.9. The lowest BCUT2D eigenvalue weighted by atomic mass is 9.88. The molecule has 0 spiro atoms. The maximum Gasteiger partial charge on any atom is 0.215 e. The second kappa shape index (κ2) is 5.87. The fourth-order valence-corrected chi connectivity index (χ4v) is 5.03. The molecule has 0 radical (unpaired) electrons. The smallest absolute Gasteiger partial charge is 0.215 e. The molecule has 0 aromatic carbocycles. The Balaban J connectivity index is 2.20. The first kappa shape index (κ1) is 15.5. The lowest BCUT2D eigenvalue weighted by molar-refractivity contribution is 0.213. The third kappa shape index (κ3) is 3.07. The minimum absolute atomic E-state index is 0.0350. The molecule has 2 aliphatic rings. The van der Waals surface area contributed by atoms with Crippen LogP contribution in [0, 0.1) is 0 Å². The number of rotatable bonds is 4. The molecule has 4 N–H and O–H groups in total. The quantitative estimate of drug-likeness (QED) is 0.294. The van der Waals surface area contributed by atoms with E-state index in [1.165, 1.54) is 0 Å². The van der Waals surface area contributed by atoms with Crippen molar-refractivity contribution >= 4 is 15.9 Å². The molecule has 0 aromatic rings. The van der Waals surface area contributed by atoms with Crippen LogP contribution in [0.4, 0.5) is 0 Å². The van der Waals surface area contributed by atoms with Crippen LogP contribution in [0.1, 0.15) is 38.5 Å². The molecule has 7 nitrogen and oxygen atoms in total. The van der Waals surface area contributed by atoms with E-state index in [1.54, 1.807) is 0 Å². The summed E-state index contributed by atoms with van der Waals surface area (Å²) in [6.45, 7) is 1.42. The van der Waals surface area contributed by atoms with Crippen molar-refractivity contribution in [1.82, 2.24) is 9.62 Å². The van der Waals surface area contributed by atoms with Crippen molar-refractivity contribution in [2.75, 3.05) is 20.1 Å². The van der Waals surface area contributed by atoms with E-state index in [-0.39, 0.29) is 11.1 Å². The average molecular weight is 304 g/mol. The zero-order chi connectivity index (χ0) is 14.8. The number of hydrogen-bond donors (Lipinski definition) is 3. The molecule has 2 fully saturated rings. The highest BCUT2D eigenvalue weighted by Crippen LogP contribution is 2.28. The third-order valence-electron chi connectivity index (χ3n) is 4.52. The Bertz CT molecular complexity index is 463. The van der Waals surface area contributed by atoms with Crippen LogP contribution >= 0.6 is 0 Å². The Morgan fingerprint density at radius 1 is 1.35 bits per heavy atom. The highest BCUT2D eigenvalue weighted by atomic mass is 32.2. The Morgan fingerprint density at radius 2 is 1.90 bits per heavy atom. The van der Waals surface area contributed by atoms with Gasteiger partial charge in [-0.25, -0.2) is 13.1 Å². The maximum atomic E-state index is 12.5. The van der Waals surface area contributed by atoms with Gasteiger partial charge in [0, 0.05) is 13.1 Å². The molecule has 1 aliphatic heterocycles. The standard InChI is InChI=1S/C12H24N4O3S/c1-16-8-6-12(7-9-16,11(13)14-17)15-20(18,19)10-4-2-3-5-10/h10,15,17H,2-9H2,1H3,(H2,13,14). The van der Waals surface area contributed by atoms with Gasteiger partial charge in [0.15, 0.2) is 5.84 Å². The molecule has 1 saturated heterocycles. The highest BCUT2D eigenvalue weighted by molar-refractivity contribution is 7.90. The Kier molecular flexibility index (Phi) is 4.55. The molecule has 1 saturated carbocycles. The van der Waals surface area contributed by atoms with Gasteiger partial charge in [0.05, 0.1) is 10.8 Å². The van der Waals surface area contributed by atoms with E-state index in [2.05, 4.69) is 14.8 Å². The van der Waals surface area contributed by atoms with Gasteiger partial charge in [-0.1, -0.05) is 18.0 Å². The summed E-state index contributed by atoms with van der Waals surface area (Å²) in [7, 11) is -1.46. The SMILES string of the molecule is CN1CCC(NS(=O)(=O)C2CCCC2)(C(N)=NO)CC1. The van der Waals surface area contributed by atoms with Gasteiger partial charge >= 0.3 is 0 Å². The Morgan fingerprint density at radius 3 is 2.40 bits per heavy atom. The molecule has 1 aliphatic carbocycles. The number of nitrogens with two attached hydrogens (primary N) is 1. The lowest BCUT2D eigenvalue weighted by Gasteiger charge is -2.40. The van der Waals surface area contributed by atoms with Gasteiger partial charge in [-0.15, -0.1) is 0 Å². The molecule has 0 amide bonds. The van der Waals surface area contributed by atoms with Crippen LogP contribution in [-0.2, 0) is 10.0 Å². The summed E-state index contributed by atoms with van der Waals surface area (Å²) in [5.41, 5.74) is 4.85. The van der Waals surface area contributed by atoms with Crippen molar-refractivity contribution in [3.05, 3.63) is 0 Å². The van der Waals surface area contributed by atoms with Crippen molar-refractivity contribution in [3.63, 3.8) is 0 Å². The van der Waals surface area contributed by atoms with Crippen molar-refractivity contribution in [2.24, 2.45) is 10.9 Å². The summed E-state index contributed by atoms with van der Waals surface area (Å²) in [6, 6.07) is 0. The van der Waals surface area contributed by atoms with Gasteiger partial charge < -0.3 is 15.8 Å². The van der Waals surface area contributed by atoms with E-state index < -0.39 is 15.6 Å². The number of nitrogens with one attached hydrogen (secondary N) is 1. The number of hydrogen-bond acceptors (Lipinski definition) is 5. The normalized spacial score (nSPS) is 25.9. The van der Waals surface area contributed by atoms with Crippen molar-refractivity contribution in [1.29, 1.82) is 0 Å². The van der Waals surface area contributed by atoms with E-state index in [4.69, 9.17) is 10.9 Å². The minimum Gasteiger partial charge on any atom is -0.409 e. The van der Waals surface area contributed by atoms with Crippen LogP contribution in [0.5, 0.6) is 0 Å². The summed E-state index contributed by atoms with van der Waals surface area (Å²) in [6.07, 6.45) is 4.33. The van der Waals surface area contributed by atoms with Crippen molar-refractivity contribution < 1.29 is 13.6 Å². The first-order valence-corrected chi connectivity index (χ1v) is 8.64. The lowest BCUT2D eigenvalue weighted by Crippen LogP contribution is -2.62. The molecule has 116 valence electrons. The van der Waals surface area contributed by atoms with E-state index in [0.717, 1.165) is 12.8 Å². The fourth-order valence-electron chi connectivity index (χ4n) is 3.06. The van der Waals surface area contributed by atoms with Crippen LogP contribution in [-0.4, -0.2) is 55.3 Å². The fraction of sp³-hybridized carbons (Fsp3) is 0.917. The van der Waals surface area contributed by atoms with E-state index in [9.17, 15) is 8.42 Å². The van der Waals surface area contributed by atoms with Gasteiger partial charge in [0.2, 0.25) is 10.0 Å². The molecule has 1 heterocycles. The Labute approximate surface area is 120 Å². The van der Waals surface area contributed by atoms with E-state index >= 15 is 0 Å². The second-order valence-electron chi connectivity index (χ2n) is 5.92. The molecular formula is C12H24N4O3S. The van der Waals surface area contributed by atoms with Crippen LogP contribution < -0.4 is 10.5 Å². The molecule has 0 atom stereocenters. The van der Waals surface area contributed by atoms with E-state index in [0.29, 0.717) is 38.8 Å². The maximum absolute atomic E-state index is 12.5. The van der Waals surface area contributed by atoms with Crippen LogP contribution in [0.2, 0.25) is 0 Å². The number of amidine groups is 1.